The fourth-order valence-corrected chi connectivity index (χ4v) is 8.91. The van der Waals surface area contributed by atoms with Crippen molar-refractivity contribution in [2.24, 2.45) is 46.3 Å². The van der Waals surface area contributed by atoms with Gasteiger partial charge in [-0.05, 0) is 106 Å². The van der Waals surface area contributed by atoms with Crippen molar-refractivity contribution in [3.63, 3.8) is 0 Å². The van der Waals surface area contributed by atoms with Crippen LogP contribution < -0.4 is 0 Å². The van der Waals surface area contributed by atoms with E-state index in [1.54, 1.807) is 6.92 Å². The Bertz CT molecular complexity index is 641. The molecule has 0 aromatic carbocycles. The van der Waals surface area contributed by atoms with Crippen molar-refractivity contribution in [2.75, 3.05) is 0 Å². The van der Waals surface area contributed by atoms with Gasteiger partial charge in [-0.1, -0.05) is 6.92 Å². The van der Waals surface area contributed by atoms with Gasteiger partial charge in [-0.15, -0.1) is 0 Å². The van der Waals surface area contributed by atoms with Crippen molar-refractivity contribution in [3.8, 4) is 0 Å². The van der Waals surface area contributed by atoms with Crippen LogP contribution in [0.5, 0.6) is 0 Å². The van der Waals surface area contributed by atoms with Crippen LogP contribution in [0.25, 0.3) is 0 Å². The Kier molecular flexibility index (Phi) is 3.70. The number of ketones is 1. The average Bonchev–Trinajstić information content (AvgIpc) is 3.27. The van der Waals surface area contributed by atoms with E-state index in [9.17, 15) is 9.59 Å². The Labute approximate surface area is 157 Å². The van der Waals surface area contributed by atoms with Crippen LogP contribution in [0.15, 0.2) is 0 Å². The molecule has 0 aromatic heterocycles. The highest BCUT2D eigenvalue weighted by Crippen LogP contribution is 2.79. The lowest BCUT2D eigenvalue weighted by atomic mass is 9.48. The minimum Gasteiger partial charge on any atom is -0.463 e. The van der Waals surface area contributed by atoms with Crippen LogP contribution in [-0.4, -0.2) is 17.9 Å². The predicted octanol–water partition coefficient (Wildman–Crippen LogP) is 4.78. The average molecular weight is 359 g/mol. The third-order valence-corrected chi connectivity index (χ3v) is 9.92. The van der Waals surface area contributed by atoms with Crippen molar-refractivity contribution in [1.82, 2.24) is 0 Å². The molecule has 5 fully saturated rings. The lowest BCUT2D eigenvalue weighted by molar-refractivity contribution is -0.153. The maximum absolute atomic E-state index is 12.5. The van der Waals surface area contributed by atoms with Gasteiger partial charge in [0.25, 0.3) is 0 Å². The normalized spacial score (nSPS) is 54.3. The monoisotopic (exact) mass is 358 g/mol. The molecule has 5 aliphatic carbocycles. The lowest BCUT2D eigenvalue weighted by Crippen LogP contribution is -2.51. The third kappa shape index (κ3) is 2.12. The second kappa shape index (κ2) is 5.58. The zero-order chi connectivity index (χ0) is 18.3. The number of fused-ring (bicyclic) bond motifs is 7. The number of ether oxygens (including phenoxy) is 1. The number of hydrogen-bond donors (Lipinski definition) is 0. The highest BCUT2D eigenvalue weighted by Gasteiger charge is 2.76. The van der Waals surface area contributed by atoms with Gasteiger partial charge < -0.3 is 4.74 Å². The van der Waals surface area contributed by atoms with Gasteiger partial charge in [-0.3, -0.25) is 9.59 Å². The van der Waals surface area contributed by atoms with Gasteiger partial charge in [0, 0.05) is 12.3 Å². The van der Waals surface area contributed by atoms with Crippen LogP contribution in [0.2, 0.25) is 0 Å². The van der Waals surface area contributed by atoms with Crippen molar-refractivity contribution in [3.05, 3.63) is 0 Å². The maximum Gasteiger partial charge on any atom is 0.302 e. The molecule has 5 rings (SSSR count). The SMILES string of the molecule is CC(=O)O[C@H]1CC[C@H]2[C@@H](CC[C@@H]3[C@@H]2CC[C@@]2(C)[C@H]3C[C@H]3C[C@]32C(C)=O)C1. The minimum atomic E-state index is -0.115. The van der Waals surface area contributed by atoms with E-state index in [0.717, 1.165) is 42.4 Å². The van der Waals surface area contributed by atoms with Gasteiger partial charge in [-0.25, -0.2) is 0 Å². The summed E-state index contributed by atoms with van der Waals surface area (Å²) in [5.74, 6) is 5.18. The van der Waals surface area contributed by atoms with E-state index in [2.05, 4.69) is 6.92 Å². The number of Topliss-reactive ketones (excluding diaryl/α,β-unsaturated/α-hetero) is 1. The van der Waals surface area contributed by atoms with Crippen molar-refractivity contribution in [1.29, 1.82) is 0 Å². The Balaban J connectivity index is 1.34. The molecule has 144 valence electrons. The topological polar surface area (TPSA) is 43.4 Å². The van der Waals surface area contributed by atoms with E-state index >= 15 is 0 Å². The number of rotatable bonds is 2. The third-order valence-electron chi connectivity index (χ3n) is 9.92. The van der Waals surface area contributed by atoms with Gasteiger partial charge >= 0.3 is 5.97 Å². The molecule has 0 heterocycles. The summed E-state index contributed by atoms with van der Waals surface area (Å²) in [5, 5.41) is 0. The van der Waals surface area contributed by atoms with Gasteiger partial charge in [0.1, 0.15) is 11.9 Å². The molecule has 5 aliphatic rings. The summed E-state index contributed by atoms with van der Waals surface area (Å²) in [4.78, 5) is 23.9. The Morgan fingerprint density at radius 2 is 1.69 bits per heavy atom. The molecule has 0 amide bonds. The molecule has 3 nitrogen and oxygen atoms in total. The molecule has 0 radical (unpaired) electrons. The Morgan fingerprint density at radius 1 is 0.923 bits per heavy atom. The van der Waals surface area contributed by atoms with Gasteiger partial charge in [0.2, 0.25) is 0 Å². The second-order valence-corrected chi connectivity index (χ2v) is 10.6. The fourth-order valence-electron chi connectivity index (χ4n) is 8.91. The molecule has 0 spiro atoms. The van der Waals surface area contributed by atoms with E-state index in [1.807, 2.05) is 6.92 Å². The number of hydrogen-bond acceptors (Lipinski definition) is 3. The molecule has 0 unspecified atom stereocenters. The van der Waals surface area contributed by atoms with Crippen LogP contribution >= 0.6 is 0 Å². The van der Waals surface area contributed by atoms with Gasteiger partial charge in [0.15, 0.2) is 0 Å². The van der Waals surface area contributed by atoms with Crippen LogP contribution in [0.3, 0.4) is 0 Å². The summed E-state index contributed by atoms with van der Waals surface area (Å²) in [6, 6.07) is 0. The van der Waals surface area contributed by atoms with Gasteiger partial charge in [0.05, 0.1) is 0 Å². The first-order valence-corrected chi connectivity index (χ1v) is 11.0. The first-order valence-electron chi connectivity index (χ1n) is 11.0. The summed E-state index contributed by atoms with van der Waals surface area (Å²) in [7, 11) is 0. The van der Waals surface area contributed by atoms with Crippen molar-refractivity contribution >= 4 is 11.8 Å². The first kappa shape index (κ1) is 17.3. The van der Waals surface area contributed by atoms with Crippen LogP contribution in [-0.2, 0) is 14.3 Å². The molecule has 0 aromatic rings. The summed E-state index contributed by atoms with van der Waals surface area (Å²) in [6.07, 6.45) is 11.3. The molecule has 5 saturated carbocycles. The van der Waals surface area contributed by atoms with E-state index in [4.69, 9.17) is 4.74 Å². The summed E-state index contributed by atoms with van der Waals surface area (Å²) in [6.45, 7) is 5.89. The Hall–Kier alpha value is -0.860. The van der Waals surface area contributed by atoms with Crippen molar-refractivity contribution < 1.29 is 14.3 Å². The molecule has 0 saturated heterocycles. The van der Waals surface area contributed by atoms with E-state index < -0.39 is 0 Å². The summed E-state index contributed by atoms with van der Waals surface area (Å²) in [5.41, 5.74) is 0.346. The van der Waals surface area contributed by atoms with Crippen LogP contribution in [0.1, 0.15) is 78.6 Å². The molecule has 3 heteroatoms. The number of carbonyl (C=O) groups is 2. The zero-order valence-corrected chi connectivity index (χ0v) is 16.6. The molecular weight excluding hydrogens is 324 g/mol. The largest absolute Gasteiger partial charge is 0.463 e. The molecule has 0 aliphatic heterocycles. The van der Waals surface area contributed by atoms with E-state index in [0.29, 0.717) is 11.7 Å². The maximum atomic E-state index is 12.5. The lowest BCUT2D eigenvalue weighted by Gasteiger charge is -2.57. The first-order chi connectivity index (χ1) is 12.4. The molecule has 9 atom stereocenters. The quantitative estimate of drug-likeness (QED) is 0.668. The molecular formula is C23H34O3. The highest BCUT2D eigenvalue weighted by molar-refractivity contribution is 5.87. The number of esters is 1. The summed E-state index contributed by atoms with van der Waals surface area (Å²) >= 11 is 0. The molecule has 0 bridgehead atoms. The predicted molar refractivity (Wildman–Crippen MR) is 99.3 cm³/mol. The van der Waals surface area contributed by atoms with Gasteiger partial charge in [-0.2, -0.15) is 0 Å². The summed E-state index contributed by atoms with van der Waals surface area (Å²) < 4.78 is 5.54. The Morgan fingerprint density at radius 3 is 2.42 bits per heavy atom. The fraction of sp³-hybridized carbons (Fsp3) is 0.913. The minimum absolute atomic E-state index is 0.0620. The molecule has 0 N–H and O–H groups in total. The van der Waals surface area contributed by atoms with E-state index in [-0.39, 0.29) is 22.9 Å². The van der Waals surface area contributed by atoms with Crippen LogP contribution in [0, 0.1) is 46.3 Å². The molecule has 26 heavy (non-hydrogen) atoms. The second-order valence-electron chi connectivity index (χ2n) is 10.6. The smallest absolute Gasteiger partial charge is 0.302 e. The van der Waals surface area contributed by atoms with Crippen molar-refractivity contribution in [2.45, 2.75) is 84.7 Å². The van der Waals surface area contributed by atoms with E-state index in [1.165, 1.54) is 44.9 Å². The number of carbonyl (C=O) groups excluding carboxylic acids is 2. The highest BCUT2D eigenvalue weighted by atomic mass is 16.5. The van der Waals surface area contributed by atoms with Crippen LogP contribution in [0.4, 0.5) is 0 Å². The zero-order valence-electron chi connectivity index (χ0n) is 16.6. The standard InChI is InChI=1S/C23H34O3/c1-13(24)23-12-16(23)11-21-20-6-4-15-10-17(26-14(2)25)5-7-18(15)19(20)8-9-22(21,23)3/h15-21H,4-12H2,1-3H3/t15-,16-,17-,18-,19+,20+,21-,22-,23-/m0/s1.